The van der Waals surface area contributed by atoms with E-state index in [1.165, 1.54) is 0 Å². The van der Waals surface area contributed by atoms with Crippen LogP contribution in [0.4, 0.5) is 5.69 Å². The van der Waals surface area contributed by atoms with E-state index in [0.717, 1.165) is 5.30 Å². The van der Waals surface area contributed by atoms with Gasteiger partial charge in [0.15, 0.2) is 0 Å². The van der Waals surface area contributed by atoms with Gasteiger partial charge in [-0.2, -0.15) is 0 Å². The molecule has 20 heavy (non-hydrogen) atoms. The second-order valence-corrected chi connectivity index (χ2v) is 8.38. The minimum atomic E-state index is -3.11. The SMILES string of the molecule is CCOP(CP(=O)(OCC)OCC)c1ccc(N)cc1. The Balaban J connectivity index is 2.89. The quantitative estimate of drug-likeness (QED) is 0.557. The average Bonchev–Trinajstić information content (AvgIpc) is 2.39. The molecule has 0 aliphatic heterocycles. The third kappa shape index (κ3) is 5.51. The van der Waals surface area contributed by atoms with Crippen molar-refractivity contribution in [3.8, 4) is 0 Å². The van der Waals surface area contributed by atoms with Gasteiger partial charge in [0.1, 0.15) is 0 Å². The highest BCUT2D eigenvalue weighted by molar-refractivity contribution is 7.74. The van der Waals surface area contributed by atoms with Crippen molar-refractivity contribution in [2.75, 3.05) is 31.5 Å². The molecule has 0 aliphatic rings. The van der Waals surface area contributed by atoms with Crippen LogP contribution in [0.1, 0.15) is 20.8 Å². The largest absolute Gasteiger partial charge is 0.399 e. The molecule has 7 heteroatoms. The molecule has 0 radical (unpaired) electrons. The lowest BCUT2D eigenvalue weighted by molar-refractivity contribution is 0.223. The molecule has 1 unspecified atom stereocenters. The van der Waals surface area contributed by atoms with E-state index in [-0.39, 0.29) is 5.90 Å². The molecule has 5 nitrogen and oxygen atoms in total. The van der Waals surface area contributed by atoms with Crippen molar-refractivity contribution in [3.05, 3.63) is 24.3 Å². The lowest BCUT2D eigenvalue weighted by atomic mass is 10.3. The number of anilines is 1. The lowest BCUT2D eigenvalue weighted by Gasteiger charge is -2.23. The van der Waals surface area contributed by atoms with Crippen molar-refractivity contribution < 1.29 is 18.1 Å². The predicted molar refractivity (Wildman–Crippen MR) is 84.8 cm³/mol. The number of hydrogen-bond donors (Lipinski definition) is 1. The number of nitrogens with two attached hydrogens (primary N) is 1. The Morgan fingerprint density at radius 1 is 1.05 bits per heavy atom. The molecular formula is C13H23NO4P2. The van der Waals surface area contributed by atoms with Gasteiger partial charge in [-0.15, -0.1) is 0 Å². The zero-order chi connectivity index (χ0) is 15.0. The molecule has 1 aromatic carbocycles. The third-order valence-corrected chi connectivity index (χ3v) is 7.58. The Morgan fingerprint density at radius 3 is 2.05 bits per heavy atom. The van der Waals surface area contributed by atoms with Crippen LogP contribution in [0.15, 0.2) is 24.3 Å². The minimum Gasteiger partial charge on any atom is -0.399 e. The molecule has 1 rings (SSSR count). The monoisotopic (exact) mass is 319 g/mol. The van der Waals surface area contributed by atoms with E-state index >= 15 is 0 Å². The van der Waals surface area contributed by atoms with E-state index in [2.05, 4.69) is 0 Å². The highest BCUT2D eigenvalue weighted by Crippen LogP contribution is 2.58. The fourth-order valence-electron chi connectivity index (χ4n) is 1.66. The fraction of sp³-hybridized carbons (Fsp3) is 0.538. The van der Waals surface area contributed by atoms with Crippen molar-refractivity contribution in [2.24, 2.45) is 0 Å². The van der Waals surface area contributed by atoms with Crippen LogP contribution in [0.25, 0.3) is 0 Å². The summed E-state index contributed by atoms with van der Waals surface area (Å²) in [4.78, 5) is 0. The number of rotatable bonds is 9. The minimum absolute atomic E-state index is 0.266. The van der Waals surface area contributed by atoms with Crippen molar-refractivity contribution in [1.29, 1.82) is 0 Å². The van der Waals surface area contributed by atoms with E-state index in [1.54, 1.807) is 13.8 Å². The number of nitrogen functional groups attached to an aromatic ring is 1. The summed E-state index contributed by atoms with van der Waals surface area (Å²) in [6.45, 7) is 6.78. The van der Waals surface area contributed by atoms with Crippen LogP contribution in [0.5, 0.6) is 0 Å². The summed E-state index contributed by atoms with van der Waals surface area (Å²) in [6.07, 6.45) is 0. The molecule has 0 aliphatic carbocycles. The smallest absolute Gasteiger partial charge is 0.337 e. The van der Waals surface area contributed by atoms with Crippen molar-refractivity contribution in [3.63, 3.8) is 0 Å². The zero-order valence-electron chi connectivity index (χ0n) is 12.2. The van der Waals surface area contributed by atoms with Crippen LogP contribution < -0.4 is 11.0 Å². The molecule has 0 heterocycles. The second-order valence-electron chi connectivity index (χ2n) is 3.98. The van der Waals surface area contributed by atoms with Crippen LogP contribution >= 0.6 is 15.7 Å². The first-order chi connectivity index (χ1) is 9.54. The lowest BCUT2D eigenvalue weighted by Crippen LogP contribution is -2.09. The summed E-state index contributed by atoms with van der Waals surface area (Å²) in [5, 5.41) is 0.982. The molecular weight excluding hydrogens is 296 g/mol. The van der Waals surface area contributed by atoms with Gasteiger partial charge in [-0.1, -0.05) is 12.1 Å². The van der Waals surface area contributed by atoms with Gasteiger partial charge in [0.2, 0.25) is 0 Å². The molecule has 0 fully saturated rings. The van der Waals surface area contributed by atoms with Crippen LogP contribution in [0, 0.1) is 0 Å². The summed E-state index contributed by atoms with van der Waals surface area (Å²) in [5.41, 5.74) is 6.38. The predicted octanol–water partition coefficient (Wildman–Crippen LogP) is 3.55. The maximum Gasteiger partial charge on any atom is 0.337 e. The van der Waals surface area contributed by atoms with E-state index in [0.29, 0.717) is 25.5 Å². The Kier molecular flexibility index (Phi) is 7.71. The van der Waals surface area contributed by atoms with Crippen LogP contribution in [0.3, 0.4) is 0 Å². The first kappa shape index (κ1) is 17.6. The summed E-state index contributed by atoms with van der Waals surface area (Å²) in [6, 6.07) is 7.43. The molecule has 2 N–H and O–H groups in total. The van der Waals surface area contributed by atoms with Crippen LogP contribution in [-0.2, 0) is 18.1 Å². The van der Waals surface area contributed by atoms with Gasteiger partial charge in [0.25, 0.3) is 0 Å². The molecule has 0 bridgehead atoms. The number of benzene rings is 1. The van der Waals surface area contributed by atoms with Crippen LogP contribution in [0.2, 0.25) is 0 Å². The normalized spacial score (nSPS) is 13.3. The molecule has 0 amide bonds. The molecule has 114 valence electrons. The second kappa shape index (κ2) is 8.76. The Labute approximate surface area is 122 Å². The van der Waals surface area contributed by atoms with Gasteiger partial charge in [0.05, 0.1) is 27.3 Å². The third-order valence-electron chi connectivity index (χ3n) is 2.42. The maximum absolute atomic E-state index is 12.6. The standard InChI is InChI=1S/C13H23NO4P2/c1-4-16-19(13-9-7-12(14)8-10-13)11-20(15,17-5-2)18-6-3/h7-10H,4-6,11,14H2,1-3H3. The maximum atomic E-state index is 12.6. The molecule has 1 atom stereocenters. The van der Waals surface area contributed by atoms with Gasteiger partial charge in [-0.05, 0) is 32.9 Å². The van der Waals surface area contributed by atoms with Gasteiger partial charge < -0.3 is 19.3 Å². The molecule has 0 saturated carbocycles. The number of hydrogen-bond acceptors (Lipinski definition) is 5. The first-order valence-electron chi connectivity index (χ1n) is 6.68. The highest BCUT2D eigenvalue weighted by Gasteiger charge is 2.30. The van der Waals surface area contributed by atoms with E-state index in [9.17, 15) is 4.57 Å². The molecule has 0 aromatic heterocycles. The zero-order valence-corrected chi connectivity index (χ0v) is 14.0. The molecule has 0 saturated heterocycles. The molecule has 0 spiro atoms. The highest BCUT2D eigenvalue weighted by atomic mass is 31.2. The summed E-state index contributed by atoms with van der Waals surface area (Å²) in [5.74, 6) is 0.266. The van der Waals surface area contributed by atoms with Gasteiger partial charge in [0, 0.05) is 17.6 Å². The summed E-state index contributed by atoms with van der Waals surface area (Å²) >= 11 is 0. The van der Waals surface area contributed by atoms with E-state index < -0.39 is 15.7 Å². The first-order valence-corrected chi connectivity index (χ1v) is 9.86. The van der Waals surface area contributed by atoms with Gasteiger partial charge in [-0.3, -0.25) is 4.57 Å². The summed E-state index contributed by atoms with van der Waals surface area (Å²) < 4.78 is 29.0. The Bertz CT molecular complexity index is 429. The average molecular weight is 319 g/mol. The van der Waals surface area contributed by atoms with E-state index in [1.807, 2.05) is 31.2 Å². The Hall–Kier alpha value is -0.440. The topological polar surface area (TPSA) is 70.8 Å². The van der Waals surface area contributed by atoms with Crippen molar-refractivity contribution in [1.82, 2.24) is 0 Å². The fourth-order valence-corrected chi connectivity index (χ4v) is 6.36. The summed E-state index contributed by atoms with van der Waals surface area (Å²) in [7, 11) is -4.16. The van der Waals surface area contributed by atoms with E-state index in [4.69, 9.17) is 19.3 Å². The Morgan fingerprint density at radius 2 is 1.60 bits per heavy atom. The van der Waals surface area contributed by atoms with Crippen LogP contribution in [-0.4, -0.2) is 25.7 Å². The van der Waals surface area contributed by atoms with Gasteiger partial charge >= 0.3 is 7.60 Å². The van der Waals surface area contributed by atoms with Gasteiger partial charge in [-0.25, -0.2) is 0 Å². The van der Waals surface area contributed by atoms with Crippen molar-refractivity contribution in [2.45, 2.75) is 20.8 Å². The molecule has 1 aromatic rings. The van der Waals surface area contributed by atoms with Crippen molar-refractivity contribution >= 4 is 26.7 Å².